The fraction of sp³-hybridized carbons (Fsp3) is 0.952. The summed E-state index contributed by atoms with van der Waals surface area (Å²) in [5.41, 5.74) is 1.02. The summed E-state index contributed by atoms with van der Waals surface area (Å²) >= 11 is 0. The molecule has 6 atom stereocenters. The van der Waals surface area contributed by atoms with Gasteiger partial charge in [-0.25, -0.2) is 0 Å². The molecule has 1 heteroatoms. The number of rotatable bonds is 0. The van der Waals surface area contributed by atoms with Crippen molar-refractivity contribution in [3.63, 3.8) is 0 Å². The third kappa shape index (κ3) is 1.80. The monoisotopic (exact) mass is 302 g/mol. The number of Topliss-reactive ketones (excluding diaryl/α,β-unsaturated/α-hetero) is 1. The zero-order valence-corrected chi connectivity index (χ0v) is 15.1. The van der Waals surface area contributed by atoms with Crippen molar-refractivity contribution in [1.29, 1.82) is 0 Å². The Morgan fingerprint density at radius 2 is 1.64 bits per heavy atom. The molecule has 1 nitrogen and oxygen atoms in total. The summed E-state index contributed by atoms with van der Waals surface area (Å²) in [7, 11) is 0. The van der Waals surface area contributed by atoms with Crippen molar-refractivity contribution in [1.82, 2.24) is 0 Å². The molecule has 124 valence electrons. The smallest absolute Gasteiger partial charge is 0.138 e. The third-order valence-corrected chi connectivity index (χ3v) is 9.13. The molecule has 22 heavy (non-hydrogen) atoms. The molecule has 0 aromatic rings. The first-order valence-electron chi connectivity index (χ1n) is 9.82. The maximum absolute atomic E-state index is 12.5. The summed E-state index contributed by atoms with van der Waals surface area (Å²) in [6.07, 6.45) is 12.0. The lowest BCUT2D eigenvalue weighted by atomic mass is 9.41. The minimum Gasteiger partial charge on any atom is -0.299 e. The Labute approximate surface area is 136 Å². The molecule has 0 bridgehead atoms. The zero-order valence-electron chi connectivity index (χ0n) is 15.1. The second-order valence-corrected chi connectivity index (χ2v) is 10.2. The van der Waals surface area contributed by atoms with E-state index in [0.29, 0.717) is 22.5 Å². The van der Waals surface area contributed by atoms with Crippen LogP contribution < -0.4 is 0 Å². The van der Waals surface area contributed by atoms with Gasteiger partial charge in [-0.3, -0.25) is 4.79 Å². The summed E-state index contributed by atoms with van der Waals surface area (Å²) in [5.74, 6) is 4.02. The third-order valence-electron chi connectivity index (χ3n) is 9.13. The molecule has 0 aromatic carbocycles. The molecule has 0 aliphatic heterocycles. The number of carbonyl (C=O) groups excluding carboxylic acids is 1. The Kier molecular flexibility index (Phi) is 3.18. The van der Waals surface area contributed by atoms with Crippen molar-refractivity contribution in [2.45, 2.75) is 85.5 Å². The quantitative estimate of drug-likeness (QED) is 0.567. The van der Waals surface area contributed by atoms with E-state index in [1.54, 1.807) is 0 Å². The van der Waals surface area contributed by atoms with E-state index in [-0.39, 0.29) is 5.41 Å². The summed E-state index contributed by atoms with van der Waals surface area (Å²) in [6.45, 7) is 9.66. The molecule has 4 fully saturated rings. The Balaban J connectivity index is 1.68. The molecular weight excluding hydrogens is 268 g/mol. The van der Waals surface area contributed by atoms with Crippen molar-refractivity contribution >= 4 is 5.78 Å². The van der Waals surface area contributed by atoms with Gasteiger partial charge in [-0.05, 0) is 79.4 Å². The Bertz CT molecular complexity index is 492. The van der Waals surface area contributed by atoms with E-state index in [2.05, 4.69) is 27.7 Å². The second kappa shape index (κ2) is 4.61. The van der Waals surface area contributed by atoms with Crippen LogP contribution in [0.25, 0.3) is 0 Å². The van der Waals surface area contributed by atoms with Crippen molar-refractivity contribution in [3.05, 3.63) is 0 Å². The first-order valence-corrected chi connectivity index (χ1v) is 9.82. The lowest BCUT2D eigenvalue weighted by Crippen LogP contribution is -2.57. The van der Waals surface area contributed by atoms with Crippen LogP contribution in [0, 0.1) is 39.9 Å². The molecular formula is C21H34O. The molecule has 0 N–H and O–H groups in total. The maximum Gasteiger partial charge on any atom is 0.138 e. The highest BCUT2D eigenvalue weighted by atomic mass is 16.1. The van der Waals surface area contributed by atoms with E-state index in [9.17, 15) is 4.79 Å². The predicted octanol–water partition coefficient (Wildman–Crippen LogP) is 5.62. The highest BCUT2D eigenvalue weighted by molar-refractivity contribution is 5.85. The molecule has 0 radical (unpaired) electrons. The van der Waals surface area contributed by atoms with Gasteiger partial charge in [-0.1, -0.05) is 34.1 Å². The minimum absolute atomic E-state index is 0.0750. The lowest BCUT2D eigenvalue weighted by Gasteiger charge is -2.62. The summed E-state index contributed by atoms with van der Waals surface area (Å²) in [6, 6.07) is 0. The molecule has 0 aromatic heterocycles. The number of fused-ring (bicyclic) bond motifs is 5. The normalized spacial score (nSPS) is 53.5. The van der Waals surface area contributed by atoms with Crippen LogP contribution in [0.4, 0.5) is 0 Å². The van der Waals surface area contributed by atoms with Gasteiger partial charge in [-0.15, -0.1) is 0 Å². The molecule has 4 aliphatic rings. The van der Waals surface area contributed by atoms with E-state index in [1.165, 1.54) is 51.4 Å². The molecule has 0 saturated heterocycles. The van der Waals surface area contributed by atoms with Crippen molar-refractivity contribution in [2.24, 2.45) is 39.9 Å². The summed E-state index contributed by atoms with van der Waals surface area (Å²) < 4.78 is 0. The molecule has 4 saturated carbocycles. The zero-order chi connectivity index (χ0) is 15.8. The average Bonchev–Trinajstić information content (AvgIpc) is 2.85. The van der Waals surface area contributed by atoms with E-state index < -0.39 is 0 Å². The lowest BCUT2D eigenvalue weighted by molar-refractivity contribution is -0.162. The van der Waals surface area contributed by atoms with Crippen LogP contribution in [-0.2, 0) is 4.79 Å². The largest absolute Gasteiger partial charge is 0.299 e. The Hall–Kier alpha value is -0.330. The van der Waals surface area contributed by atoms with Crippen LogP contribution in [-0.4, -0.2) is 5.78 Å². The van der Waals surface area contributed by atoms with Gasteiger partial charge in [0.2, 0.25) is 0 Å². The van der Waals surface area contributed by atoms with Crippen LogP contribution in [0.5, 0.6) is 0 Å². The van der Waals surface area contributed by atoms with E-state index >= 15 is 0 Å². The van der Waals surface area contributed by atoms with Crippen molar-refractivity contribution in [3.8, 4) is 0 Å². The molecule has 4 aliphatic carbocycles. The van der Waals surface area contributed by atoms with E-state index in [4.69, 9.17) is 0 Å². The second-order valence-electron chi connectivity index (χ2n) is 10.2. The SMILES string of the molecule is CC12CCCC1C1CCC3C(C)(C)C(=O)CCC3(C)C1CC2. The van der Waals surface area contributed by atoms with Gasteiger partial charge >= 0.3 is 0 Å². The van der Waals surface area contributed by atoms with Gasteiger partial charge in [0, 0.05) is 11.8 Å². The Morgan fingerprint density at radius 3 is 2.41 bits per heavy atom. The van der Waals surface area contributed by atoms with Gasteiger partial charge in [0.15, 0.2) is 0 Å². The maximum atomic E-state index is 12.5. The summed E-state index contributed by atoms with van der Waals surface area (Å²) in [5, 5.41) is 0. The first-order chi connectivity index (χ1) is 10.3. The minimum atomic E-state index is -0.0750. The molecule has 6 unspecified atom stereocenters. The van der Waals surface area contributed by atoms with Gasteiger partial charge < -0.3 is 0 Å². The standard InChI is InChI=1S/C21H34O/c1-19(2)17-8-7-14-15-6-5-11-20(15,3)12-9-16(14)21(17,4)13-10-18(19)22/h14-17H,5-13H2,1-4H3. The highest BCUT2D eigenvalue weighted by Crippen LogP contribution is 2.68. The number of hydrogen-bond donors (Lipinski definition) is 0. The fourth-order valence-corrected chi connectivity index (χ4v) is 7.89. The topological polar surface area (TPSA) is 17.1 Å². The highest BCUT2D eigenvalue weighted by Gasteiger charge is 2.61. The van der Waals surface area contributed by atoms with Gasteiger partial charge in [0.25, 0.3) is 0 Å². The van der Waals surface area contributed by atoms with E-state index in [1.807, 2.05) is 0 Å². The molecule has 0 spiro atoms. The number of ketones is 1. The number of carbonyl (C=O) groups is 1. The summed E-state index contributed by atoms with van der Waals surface area (Å²) in [4.78, 5) is 12.5. The van der Waals surface area contributed by atoms with Gasteiger partial charge in [-0.2, -0.15) is 0 Å². The fourth-order valence-electron chi connectivity index (χ4n) is 7.89. The molecule has 0 amide bonds. The predicted molar refractivity (Wildman–Crippen MR) is 90.5 cm³/mol. The first kappa shape index (κ1) is 15.2. The average molecular weight is 303 g/mol. The van der Waals surface area contributed by atoms with Crippen LogP contribution in [0.3, 0.4) is 0 Å². The number of hydrogen-bond acceptors (Lipinski definition) is 1. The van der Waals surface area contributed by atoms with Crippen LogP contribution in [0.2, 0.25) is 0 Å². The van der Waals surface area contributed by atoms with Crippen LogP contribution >= 0.6 is 0 Å². The molecule has 4 rings (SSSR count). The van der Waals surface area contributed by atoms with Crippen molar-refractivity contribution < 1.29 is 4.79 Å². The van der Waals surface area contributed by atoms with Crippen LogP contribution in [0.15, 0.2) is 0 Å². The molecule has 0 heterocycles. The van der Waals surface area contributed by atoms with E-state index in [0.717, 1.165) is 24.2 Å². The van der Waals surface area contributed by atoms with Crippen molar-refractivity contribution in [2.75, 3.05) is 0 Å². The Morgan fingerprint density at radius 1 is 0.864 bits per heavy atom. The van der Waals surface area contributed by atoms with Crippen LogP contribution in [0.1, 0.15) is 85.5 Å². The van der Waals surface area contributed by atoms with Gasteiger partial charge in [0.1, 0.15) is 5.78 Å². The van der Waals surface area contributed by atoms with Gasteiger partial charge in [0.05, 0.1) is 0 Å².